The van der Waals surface area contributed by atoms with Gasteiger partial charge in [0.25, 0.3) is 10.0 Å². The van der Waals surface area contributed by atoms with Gasteiger partial charge in [-0.05, 0) is 48.0 Å². The number of nitrogens with one attached hydrogen (secondary N) is 2. The first kappa shape index (κ1) is 14.8. The van der Waals surface area contributed by atoms with E-state index >= 15 is 0 Å². The molecule has 0 fully saturated rings. The first-order valence-corrected chi connectivity index (χ1v) is 8.92. The minimum Gasteiger partial charge on any atom is -0.361 e. The Morgan fingerprint density at radius 2 is 1.96 bits per heavy atom. The lowest BCUT2D eigenvalue weighted by Crippen LogP contribution is -2.20. The Bertz CT molecular complexity index is 1070. The number of carbonyl (C=O) groups excluding carboxylic acids is 1. The molecule has 24 heavy (non-hydrogen) atoms. The molecule has 1 aromatic heterocycles. The lowest BCUT2D eigenvalue weighted by atomic mass is 10.2. The Labute approximate surface area is 139 Å². The molecule has 3 aromatic rings. The smallest absolute Gasteiger partial charge is 0.261 e. The van der Waals surface area contributed by atoms with Gasteiger partial charge in [-0.15, -0.1) is 0 Å². The second kappa shape index (κ2) is 5.10. The molecular weight excluding hydrogens is 326 g/mol. The van der Waals surface area contributed by atoms with Crippen molar-refractivity contribution in [3.8, 4) is 0 Å². The van der Waals surface area contributed by atoms with Crippen LogP contribution >= 0.6 is 0 Å². The van der Waals surface area contributed by atoms with Crippen LogP contribution in [0, 0.1) is 0 Å². The van der Waals surface area contributed by atoms with Crippen molar-refractivity contribution in [2.45, 2.75) is 11.3 Å². The van der Waals surface area contributed by atoms with Crippen molar-refractivity contribution in [1.29, 1.82) is 0 Å². The number of amides is 1. The van der Waals surface area contributed by atoms with E-state index in [9.17, 15) is 13.2 Å². The van der Waals surface area contributed by atoms with Crippen LogP contribution in [0.1, 0.15) is 5.56 Å². The van der Waals surface area contributed by atoms with Crippen LogP contribution in [0.25, 0.3) is 10.9 Å². The van der Waals surface area contributed by atoms with Crippen molar-refractivity contribution in [3.63, 3.8) is 0 Å². The maximum atomic E-state index is 12.6. The highest BCUT2D eigenvalue weighted by Gasteiger charge is 2.26. The number of fused-ring (bicyclic) bond motifs is 2. The molecule has 7 heteroatoms. The van der Waals surface area contributed by atoms with E-state index in [2.05, 4.69) is 9.71 Å². The summed E-state index contributed by atoms with van der Waals surface area (Å²) in [5.41, 5.74) is 2.92. The zero-order valence-corrected chi connectivity index (χ0v) is 13.7. The number of benzene rings is 2. The lowest BCUT2D eigenvalue weighted by molar-refractivity contribution is -0.117. The van der Waals surface area contributed by atoms with E-state index in [1.54, 1.807) is 42.4 Å². The molecule has 0 aliphatic carbocycles. The molecule has 2 aromatic carbocycles. The molecule has 1 amide bonds. The van der Waals surface area contributed by atoms with Crippen LogP contribution in [0.3, 0.4) is 0 Å². The van der Waals surface area contributed by atoms with Crippen molar-refractivity contribution in [2.24, 2.45) is 0 Å². The number of carbonyl (C=O) groups is 1. The average molecular weight is 341 g/mol. The molecule has 0 unspecified atom stereocenters. The molecular formula is C17H15N3O3S. The van der Waals surface area contributed by atoms with Crippen molar-refractivity contribution in [1.82, 2.24) is 4.98 Å². The van der Waals surface area contributed by atoms with Crippen LogP contribution in [-0.4, -0.2) is 26.4 Å². The Morgan fingerprint density at radius 3 is 2.79 bits per heavy atom. The zero-order valence-electron chi connectivity index (χ0n) is 12.9. The van der Waals surface area contributed by atoms with E-state index in [0.29, 0.717) is 5.69 Å². The van der Waals surface area contributed by atoms with Crippen molar-refractivity contribution in [3.05, 3.63) is 54.2 Å². The van der Waals surface area contributed by atoms with Crippen LogP contribution < -0.4 is 9.62 Å². The fraction of sp³-hybridized carbons (Fsp3) is 0.118. The number of hydrogen-bond donors (Lipinski definition) is 2. The Hall–Kier alpha value is -2.80. The number of nitrogens with zero attached hydrogens (tertiary/aromatic N) is 1. The number of aromatic nitrogens is 1. The Morgan fingerprint density at radius 1 is 1.12 bits per heavy atom. The Kier molecular flexibility index (Phi) is 3.14. The van der Waals surface area contributed by atoms with Crippen molar-refractivity contribution in [2.75, 3.05) is 16.7 Å². The zero-order chi connectivity index (χ0) is 16.9. The number of likely N-dealkylation sites (N-methyl/N-ethyl adjacent to an activating group) is 1. The second-order valence-electron chi connectivity index (χ2n) is 5.81. The SMILES string of the molecule is CN1C(=O)Cc2cc(S(=O)(=O)Nc3ccc4[nH]ccc4c3)ccc21. The molecule has 2 N–H and O–H groups in total. The van der Waals surface area contributed by atoms with Gasteiger partial charge in [-0.2, -0.15) is 0 Å². The highest BCUT2D eigenvalue weighted by Crippen LogP contribution is 2.30. The number of H-pyrrole nitrogens is 1. The Balaban J connectivity index is 1.68. The quantitative estimate of drug-likeness (QED) is 0.768. The molecule has 0 saturated carbocycles. The maximum absolute atomic E-state index is 12.6. The minimum atomic E-state index is -3.71. The van der Waals surface area contributed by atoms with Gasteiger partial charge in [0.1, 0.15) is 0 Å². The largest absolute Gasteiger partial charge is 0.361 e. The molecule has 0 bridgehead atoms. The summed E-state index contributed by atoms with van der Waals surface area (Å²) >= 11 is 0. The van der Waals surface area contributed by atoms with Crippen molar-refractivity contribution < 1.29 is 13.2 Å². The lowest BCUT2D eigenvalue weighted by Gasteiger charge is -2.12. The molecule has 2 heterocycles. The topological polar surface area (TPSA) is 82.3 Å². The van der Waals surface area contributed by atoms with Gasteiger partial charge in [-0.25, -0.2) is 8.42 Å². The number of sulfonamides is 1. The number of rotatable bonds is 3. The second-order valence-corrected chi connectivity index (χ2v) is 7.49. The van der Waals surface area contributed by atoms with Gasteiger partial charge in [0.2, 0.25) is 5.91 Å². The van der Waals surface area contributed by atoms with Crippen molar-refractivity contribution >= 4 is 38.2 Å². The highest BCUT2D eigenvalue weighted by molar-refractivity contribution is 7.92. The molecule has 4 rings (SSSR count). The van der Waals surface area contributed by atoms with Gasteiger partial charge in [0.05, 0.1) is 11.3 Å². The van der Waals surface area contributed by atoms with Crippen LogP contribution in [0.5, 0.6) is 0 Å². The molecule has 0 radical (unpaired) electrons. The summed E-state index contributed by atoms with van der Waals surface area (Å²) in [7, 11) is -2.02. The molecule has 0 atom stereocenters. The summed E-state index contributed by atoms with van der Waals surface area (Å²) in [6, 6.07) is 11.9. The third-order valence-corrected chi connectivity index (χ3v) is 5.62. The molecule has 122 valence electrons. The average Bonchev–Trinajstić information content (AvgIpc) is 3.11. The van der Waals surface area contributed by atoms with E-state index in [1.165, 1.54) is 6.07 Å². The monoisotopic (exact) mass is 341 g/mol. The minimum absolute atomic E-state index is 0.0367. The predicted molar refractivity (Wildman–Crippen MR) is 92.7 cm³/mol. The van der Waals surface area contributed by atoms with Crippen LogP contribution in [0.15, 0.2) is 53.6 Å². The first-order valence-electron chi connectivity index (χ1n) is 7.43. The van der Waals surface area contributed by atoms with E-state index in [1.807, 2.05) is 12.1 Å². The van der Waals surface area contributed by atoms with E-state index in [0.717, 1.165) is 22.2 Å². The number of hydrogen-bond acceptors (Lipinski definition) is 3. The summed E-state index contributed by atoms with van der Waals surface area (Å²) in [5.74, 6) is -0.0367. The van der Waals surface area contributed by atoms with Crippen LogP contribution in [0.2, 0.25) is 0 Å². The molecule has 1 aliphatic rings. The normalized spacial score (nSPS) is 14.2. The fourth-order valence-corrected chi connectivity index (χ4v) is 4.04. The van der Waals surface area contributed by atoms with Gasteiger partial charge >= 0.3 is 0 Å². The fourth-order valence-electron chi connectivity index (χ4n) is 2.94. The number of anilines is 2. The van der Waals surface area contributed by atoms with Crippen LogP contribution in [0.4, 0.5) is 11.4 Å². The molecule has 0 spiro atoms. The number of aromatic amines is 1. The van der Waals surface area contributed by atoms with Gasteiger partial charge < -0.3 is 9.88 Å². The van der Waals surface area contributed by atoms with Crippen LogP contribution in [-0.2, 0) is 21.2 Å². The van der Waals surface area contributed by atoms with Gasteiger partial charge in [0, 0.05) is 35.5 Å². The predicted octanol–water partition coefficient (Wildman–Crippen LogP) is 2.49. The summed E-state index contributed by atoms with van der Waals surface area (Å²) in [4.78, 5) is 16.5. The highest BCUT2D eigenvalue weighted by atomic mass is 32.2. The third-order valence-electron chi connectivity index (χ3n) is 4.24. The van der Waals surface area contributed by atoms with Gasteiger partial charge in [0.15, 0.2) is 0 Å². The standard InChI is InChI=1S/C17H15N3O3S/c1-20-16-5-3-14(9-12(16)10-17(20)21)24(22,23)19-13-2-4-15-11(8-13)6-7-18-15/h2-9,18-19H,10H2,1H3. The maximum Gasteiger partial charge on any atom is 0.261 e. The molecule has 0 saturated heterocycles. The molecule has 1 aliphatic heterocycles. The van der Waals surface area contributed by atoms with Gasteiger partial charge in [-0.1, -0.05) is 0 Å². The summed E-state index contributed by atoms with van der Waals surface area (Å²) < 4.78 is 27.8. The van der Waals surface area contributed by atoms with E-state index in [4.69, 9.17) is 0 Å². The van der Waals surface area contributed by atoms with Gasteiger partial charge in [-0.3, -0.25) is 9.52 Å². The summed E-state index contributed by atoms with van der Waals surface area (Å²) in [5, 5.41) is 0.927. The molecule has 6 nitrogen and oxygen atoms in total. The summed E-state index contributed by atoms with van der Waals surface area (Å²) in [6.45, 7) is 0. The third kappa shape index (κ3) is 2.33. The first-order chi connectivity index (χ1) is 11.4. The van der Waals surface area contributed by atoms with E-state index in [-0.39, 0.29) is 17.2 Å². The summed E-state index contributed by atoms with van der Waals surface area (Å²) in [6.07, 6.45) is 2.03. The van der Waals surface area contributed by atoms with E-state index < -0.39 is 10.0 Å².